The van der Waals surface area contributed by atoms with Crippen LogP contribution in [0.5, 0.6) is 0 Å². The highest BCUT2D eigenvalue weighted by Crippen LogP contribution is 2.29. The fraction of sp³-hybridized carbons (Fsp3) is 0.688. The summed E-state index contributed by atoms with van der Waals surface area (Å²) in [6.45, 7) is 2.80. The van der Waals surface area contributed by atoms with Crippen LogP contribution >= 0.6 is 0 Å². The van der Waals surface area contributed by atoms with Gasteiger partial charge in [0, 0.05) is 32.8 Å². The van der Waals surface area contributed by atoms with Crippen LogP contribution in [0.1, 0.15) is 19.1 Å². The summed E-state index contributed by atoms with van der Waals surface area (Å²) in [6.07, 6.45) is 5.15. The van der Waals surface area contributed by atoms with E-state index in [0.29, 0.717) is 25.7 Å². The van der Waals surface area contributed by atoms with Crippen LogP contribution in [-0.4, -0.2) is 81.6 Å². The predicted molar refractivity (Wildman–Crippen MR) is 91.3 cm³/mol. The molecule has 0 amide bonds. The molecule has 0 unspecified atom stereocenters. The van der Waals surface area contributed by atoms with Crippen molar-refractivity contribution < 1.29 is 14.6 Å². The van der Waals surface area contributed by atoms with Crippen molar-refractivity contribution in [3.63, 3.8) is 0 Å². The van der Waals surface area contributed by atoms with Crippen LogP contribution < -0.4 is 5.32 Å². The second kappa shape index (κ2) is 7.20. The largest absolute Gasteiger partial charge is 0.394 e. The van der Waals surface area contributed by atoms with Crippen molar-refractivity contribution in [1.29, 1.82) is 0 Å². The van der Waals surface area contributed by atoms with Gasteiger partial charge in [0.15, 0.2) is 17.0 Å². The van der Waals surface area contributed by atoms with Gasteiger partial charge < -0.3 is 19.9 Å². The molecule has 0 radical (unpaired) electrons. The highest BCUT2D eigenvalue weighted by Gasteiger charge is 2.30. The molecule has 2 N–H and O–H groups in total. The number of aliphatic hydroxyl groups excluding tert-OH is 1. The molecule has 2 aromatic rings. The minimum absolute atomic E-state index is 0.0178. The van der Waals surface area contributed by atoms with Crippen LogP contribution in [0.2, 0.25) is 0 Å². The summed E-state index contributed by atoms with van der Waals surface area (Å²) in [7, 11) is 1.69. The maximum absolute atomic E-state index is 9.57. The number of aliphatic hydroxyl groups is 1. The van der Waals surface area contributed by atoms with Crippen molar-refractivity contribution in [3.8, 4) is 0 Å². The number of nitrogens with zero attached hydrogens (tertiary/aromatic N) is 5. The highest BCUT2D eigenvalue weighted by molar-refractivity contribution is 5.82. The summed E-state index contributed by atoms with van der Waals surface area (Å²) in [6, 6.07) is 0.498. The van der Waals surface area contributed by atoms with Gasteiger partial charge in [-0.05, 0) is 12.8 Å². The van der Waals surface area contributed by atoms with Crippen LogP contribution in [0.25, 0.3) is 11.2 Å². The molecule has 4 rings (SSSR count). The molecule has 2 aliphatic rings. The molecular weight excluding hydrogens is 324 g/mol. The molecule has 9 heteroatoms. The average molecular weight is 348 g/mol. The van der Waals surface area contributed by atoms with E-state index in [1.165, 1.54) is 12.8 Å². The van der Waals surface area contributed by atoms with E-state index in [4.69, 9.17) is 9.47 Å². The van der Waals surface area contributed by atoms with Gasteiger partial charge in [0.25, 0.3) is 0 Å². The van der Waals surface area contributed by atoms with Crippen molar-refractivity contribution in [3.05, 3.63) is 12.7 Å². The Morgan fingerprint density at radius 2 is 2.20 bits per heavy atom. The first-order valence-corrected chi connectivity index (χ1v) is 8.70. The van der Waals surface area contributed by atoms with Crippen molar-refractivity contribution in [1.82, 2.24) is 24.4 Å². The SMILES string of the molecule is COCCN1C[C@@H](CO)O[C@@H](n2cnc3c(NC4CC4)ncnc32)C1. The Hall–Kier alpha value is -1.81. The van der Waals surface area contributed by atoms with Gasteiger partial charge >= 0.3 is 0 Å². The van der Waals surface area contributed by atoms with Gasteiger partial charge in [-0.1, -0.05) is 0 Å². The number of nitrogens with one attached hydrogen (secondary N) is 1. The Morgan fingerprint density at radius 3 is 2.96 bits per heavy atom. The molecule has 0 bridgehead atoms. The lowest BCUT2D eigenvalue weighted by molar-refractivity contribution is -0.135. The molecule has 1 saturated carbocycles. The van der Waals surface area contributed by atoms with Gasteiger partial charge in [0.05, 0.1) is 25.6 Å². The summed E-state index contributed by atoms with van der Waals surface area (Å²) < 4.78 is 13.1. The second-order valence-electron chi connectivity index (χ2n) is 6.61. The van der Waals surface area contributed by atoms with Crippen molar-refractivity contribution in [2.75, 3.05) is 45.3 Å². The van der Waals surface area contributed by atoms with Gasteiger partial charge in [-0.15, -0.1) is 0 Å². The lowest BCUT2D eigenvalue weighted by Crippen LogP contribution is -2.48. The van der Waals surface area contributed by atoms with Crippen molar-refractivity contribution in [2.45, 2.75) is 31.2 Å². The molecule has 9 nitrogen and oxygen atoms in total. The zero-order valence-corrected chi connectivity index (χ0v) is 14.3. The molecule has 2 aromatic heterocycles. The van der Waals surface area contributed by atoms with Crippen LogP contribution in [0.15, 0.2) is 12.7 Å². The smallest absolute Gasteiger partial charge is 0.167 e. The number of ether oxygens (including phenoxy) is 2. The fourth-order valence-corrected chi connectivity index (χ4v) is 3.14. The predicted octanol–water partition coefficient (Wildman–Crippen LogP) is 0.239. The molecule has 1 saturated heterocycles. The molecule has 0 spiro atoms. The molecule has 25 heavy (non-hydrogen) atoms. The van der Waals surface area contributed by atoms with Gasteiger partial charge in [-0.2, -0.15) is 0 Å². The number of anilines is 1. The summed E-state index contributed by atoms with van der Waals surface area (Å²) >= 11 is 0. The van der Waals surface area contributed by atoms with Crippen molar-refractivity contribution >= 4 is 17.0 Å². The zero-order valence-electron chi connectivity index (χ0n) is 14.3. The zero-order chi connectivity index (χ0) is 17.2. The van der Waals surface area contributed by atoms with Crippen LogP contribution in [0.4, 0.5) is 5.82 Å². The molecule has 2 atom stereocenters. The van der Waals surface area contributed by atoms with E-state index in [1.54, 1.807) is 19.8 Å². The molecule has 1 aliphatic carbocycles. The maximum Gasteiger partial charge on any atom is 0.167 e. The number of hydrogen-bond acceptors (Lipinski definition) is 8. The highest BCUT2D eigenvalue weighted by atomic mass is 16.5. The van der Waals surface area contributed by atoms with E-state index >= 15 is 0 Å². The summed E-state index contributed by atoms with van der Waals surface area (Å²) in [5.74, 6) is 0.775. The quantitative estimate of drug-likeness (QED) is 0.734. The normalized spacial score (nSPS) is 24.7. The number of methoxy groups -OCH3 is 1. The third-order valence-electron chi connectivity index (χ3n) is 4.63. The monoisotopic (exact) mass is 348 g/mol. The number of rotatable bonds is 7. The van der Waals surface area contributed by atoms with E-state index in [9.17, 15) is 5.11 Å². The summed E-state index contributed by atoms with van der Waals surface area (Å²) in [4.78, 5) is 15.5. The topological polar surface area (TPSA) is 97.6 Å². The van der Waals surface area contributed by atoms with E-state index < -0.39 is 0 Å². The number of morpholine rings is 1. The minimum Gasteiger partial charge on any atom is -0.394 e. The Morgan fingerprint density at radius 1 is 1.32 bits per heavy atom. The summed E-state index contributed by atoms with van der Waals surface area (Å²) in [5, 5.41) is 13.0. The number of hydrogen-bond donors (Lipinski definition) is 2. The number of imidazole rings is 1. The maximum atomic E-state index is 9.57. The van der Waals surface area contributed by atoms with Gasteiger partial charge in [0.2, 0.25) is 0 Å². The van der Waals surface area contributed by atoms with Gasteiger partial charge in [-0.25, -0.2) is 15.0 Å². The molecule has 0 aromatic carbocycles. The first-order chi connectivity index (χ1) is 12.3. The standard InChI is InChI=1S/C16H24N6O3/c1-24-5-4-21-6-12(8-23)25-13(7-21)22-10-19-14-15(20-11-2-3-11)17-9-18-16(14)22/h9-13,23H,2-8H2,1H3,(H,17,18,20)/t12-,13+/m0/s1. The molecular formula is C16H24N6O3. The lowest BCUT2D eigenvalue weighted by Gasteiger charge is -2.37. The van der Waals surface area contributed by atoms with Crippen LogP contribution in [0.3, 0.4) is 0 Å². The Labute approximate surface area is 146 Å². The van der Waals surface area contributed by atoms with E-state index in [0.717, 1.165) is 23.5 Å². The first-order valence-electron chi connectivity index (χ1n) is 8.70. The lowest BCUT2D eigenvalue weighted by atomic mass is 10.2. The molecule has 2 fully saturated rings. The third-order valence-corrected chi connectivity index (χ3v) is 4.63. The van der Waals surface area contributed by atoms with Gasteiger partial charge in [0.1, 0.15) is 12.6 Å². The van der Waals surface area contributed by atoms with Crippen LogP contribution in [-0.2, 0) is 9.47 Å². The molecule has 136 valence electrons. The first kappa shape index (κ1) is 16.6. The molecule has 1 aliphatic heterocycles. The Balaban J connectivity index is 1.59. The third kappa shape index (κ3) is 3.59. The minimum atomic E-state index is -0.253. The van der Waals surface area contributed by atoms with Crippen LogP contribution in [0, 0.1) is 0 Å². The van der Waals surface area contributed by atoms with Crippen molar-refractivity contribution in [2.24, 2.45) is 0 Å². The number of fused-ring (bicyclic) bond motifs is 1. The van der Waals surface area contributed by atoms with E-state index in [2.05, 4.69) is 25.2 Å². The fourth-order valence-electron chi connectivity index (χ4n) is 3.14. The second-order valence-corrected chi connectivity index (χ2v) is 6.61. The van der Waals surface area contributed by atoms with E-state index in [-0.39, 0.29) is 18.9 Å². The Kier molecular flexibility index (Phi) is 4.80. The summed E-state index contributed by atoms with van der Waals surface area (Å²) in [5.41, 5.74) is 1.50. The molecule has 3 heterocycles. The Bertz CT molecular complexity index is 719. The van der Waals surface area contributed by atoms with Gasteiger partial charge in [-0.3, -0.25) is 9.47 Å². The average Bonchev–Trinajstić information content (AvgIpc) is 3.35. The van der Waals surface area contributed by atoms with E-state index in [1.807, 2.05) is 4.57 Å². The number of aromatic nitrogens is 4.